The minimum absolute atomic E-state index is 0.0233. The summed E-state index contributed by atoms with van der Waals surface area (Å²) in [6, 6.07) is 13.3. The van der Waals surface area contributed by atoms with Crippen LogP contribution in [0.2, 0.25) is 0 Å². The summed E-state index contributed by atoms with van der Waals surface area (Å²) in [4.78, 5) is 27.8. The summed E-state index contributed by atoms with van der Waals surface area (Å²) in [5, 5.41) is 3.11. The average Bonchev–Trinajstić information content (AvgIpc) is 3.27. The van der Waals surface area contributed by atoms with Gasteiger partial charge in [0.1, 0.15) is 6.04 Å². The molecule has 1 saturated carbocycles. The first-order valence-electron chi connectivity index (χ1n) is 11.0. The number of benzene rings is 2. The molecule has 1 atom stereocenters. The number of rotatable bonds is 9. The zero-order valence-corrected chi connectivity index (χ0v) is 18.3. The number of para-hydroxylation sites is 1. The molecule has 1 aliphatic carbocycles. The highest BCUT2D eigenvalue weighted by Crippen LogP contribution is 2.21. The molecule has 2 amide bonds. The van der Waals surface area contributed by atoms with Crippen LogP contribution in [-0.2, 0) is 16.1 Å². The maximum absolute atomic E-state index is 13.9. The zero-order chi connectivity index (χ0) is 22.2. The number of nitrogens with one attached hydrogen (secondary N) is 1. The maximum atomic E-state index is 13.9. The Morgan fingerprint density at radius 1 is 1.13 bits per heavy atom. The van der Waals surface area contributed by atoms with Crippen molar-refractivity contribution in [3.8, 4) is 5.75 Å². The molecule has 1 fully saturated rings. The van der Waals surface area contributed by atoms with Gasteiger partial charge in [0, 0.05) is 12.6 Å². The van der Waals surface area contributed by atoms with Crippen LogP contribution in [0.25, 0.3) is 0 Å². The molecule has 0 aromatic heterocycles. The molecule has 3 rings (SSSR count). The van der Waals surface area contributed by atoms with Gasteiger partial charge in [-0.1, -0.05) is 56.2 Å². The second-order valence-corrected chi connectivity index (χ2v) is 8.08. The normalized spacial score (nSPS) is 14.8. The molecule has 1 N–H and O–H groups in total. The highest BCUT2D eigenvalue weighted by Gasteiger charge is 2.31. The molecule has 0 spiro atoms. The van der Waals surface area contributed by atoms with Gasteiger partial charge in [-0.2, -0.15) is 0 Å². The van der Waals surface area contributed by atoms with E-state index in [1.54, 1.807) is 17.0 Å². The van der Waals surface area contributed by atoms with Crippen LogP contribution in [-0.4, -0.2) is 35.4 Å². The Morgan fingerprint density at radius 2 is 1.81 bits per heavy atom. The molecule has 0 bridgehead atoms. The lowest BCUT2D eigenvalue weighted by Crippen LogP contribution is -2.52. The van der Waals surface area contributed by atoms with Crippen molar-refractivity contribution >= 4 is 11.8 Å². The molecular formula is C25H31FN2O3. The van der Waals surface area contributed by atoms with Crippen molar-refractivity contribution in [2.24, 2.45) is 0 Å². The summed E-state index contributed by atoms with van der Waals surface area (Å²) in [6.07, 6.45) is 4.67. The standard InChI is InChI=1S/C25H31FN2O3/c1-3-22(25(30)27-20-12-6-7-13-20)28(16-19-11-5-4-10-18(19)2)24(29)17-31-23-15-9-8-14-21(23)26/h4-5,8-11,14-15,20,22H,3,6-7,12-13,16-17H2,1-2H3,(H,27,30). The Bertz CT molecular complexity index is 896. The predicted octanol–water partition coefficient (Wildman–Crippen LogP) is 4.38. The van der Waals surface area contributed by atoms with Crippen LogP contribution in [0.15, 0.2) is 48.5 Å². The monoisotopic (exact) mass is 426 g/mol. The van der Waals surface area contributed by atoms with Crippen molar-refractivity contribution < 1.29 is 18.7 Å². The zero-order valence-electron chi connectivity index (χ0n) is 18.3. The van der Waals surface area contributed by atoms with E-state index in [1.807, 2.05) is 38.1 Å². The fourth-order valence-electron chi connectivity index (χ4n) is 4.04. The molecule has 31 heavy (non-hydrogen) atoms. The van der Waals surface area contributed by atoms with E-state index in [2.05, 4.69) is 5.32 Å². The third-order valence-corrected chi connectivity index (χ3v) is 5.88. The SMILES string of the molecule is CCC(C(=O)NC1CCCC1)N(Cc1ccccc1C)C(=O)COc1ccccc1F. The molecule has 2 aromatic rings. The number of hydrogen-bond donors (Lipinski definition) is 1. The van der Waals surface area contributed by atoms with E-state index in [-0.39, 0.29) is 30.2 Å². The van der Waals surface area contributed by atoms with Gasteiger partial charge in [0.15, 0.2) is 18.2 Å². The Hall–Kier alpha value is -2.89. The van der Waals surface area contributed by atoms with Crippen LogP contribution in [0, 0.1) is 12.7 Å². The van der Waals surface area contributed by atoms with Gasteiger partial charge in [0.25, 0.3) is 5.91 Å². The quantitative estimate of drug-likeness (QED) is 0.647. The van der Waals surface area contributed by atoms with Crippen molar-refractivity contribution in [2.45, 2.75) is 64.6 Å². The first-order chi connectivity index (χ1) is 15.0. The number of hydrogen-bond acceptors (Lipinski definition) is 3. The Labute approximate surface area is 183 Å². The summed E-state index contributed by atoms with van der Waals surface area (Å²) in [6.45, 7) is 3.84. The first-order valence-corrected chi connectivity index (χ1v) is 11.0. The number of amides is 2. The second kappa shape index (κ2) is 10.9. The van der Waals surface area contributed by atoms with Crippen molar-refractivity contribution in [2.75, 3.05) is 6.61 Å². The average molecular weight is 427 g/mol. The molecule has 2 aromatic carbocycles. The number of halogens is 1. The molecule has 5 nitrogen and oxygen atoms in total. The maximum Gasteiger partial charge on any atom is 0.261 e. The Kier molecular flexibility index (Phi) is 8.04. The smallest absolute Gasteiger partial charge is 0.261 e. The van der Waals surface area contributed by atoms with Gasteiger partial charge in [0.2, 0.25) is 5.91 Å². The number of carbonyl (C=O) groups is 2. The molecule has 6 heteroatoms. The largest absolute Gasteiger partial charge is 0.481 e. The van der Waals surface area contributed by atoms with Crippen molar-refractivity contribution in [1.29, 1.82) is 0 Å². The molecular weight excluding hydrogens is 395 g/mol. The van der Waals surface area contributed by atoms with Gasteiger partial charge in [-0.25, -0.2) is 4.39 Å². The van der Waals surface area contributed by atoms with E-state index >= 15 is 0 Å². The highest BCUT2D eigenvalue weighted by molar-refractivity contribution is 5.88. The molecule has 0 aliphatic heterocycles. The predicted molar refractivity (Wildman–Crippen MR) is 118 cm³/mol. The molecule has 0 saturated heterocycles. The van der Waals surface area contributed by atoms with Gasteiger partial charge in [-0.15, -0.1) is 0 Å². The third-order valence-electron chi connectivity index (χ3n) is 5.88. The first kappa shape index (κ1) is 22.8. The Morgan fingerprint density at radius 3 is 2.48 bits per heavy atom. The highest BCUT2D eigenvalue weighted by atomic mass is 19.1. The minimum atomic E-state index is -0.614. The van der Waals surface area contributed by atoms with Crippen LogP contribution in [0.5, 0.6) is 5.75 Å². The van der Waals surface area contributed by atoms with Crippen molar-refractivity contribution in [3.05, 3.63) is 65.5 Å². The fourth-order valence-corrected chi connectivity index (χ4v) is 4.04. The molecule has 0 radical (unpaired) electrons. The van der Waals surface area contributed by atoms with E-state index in [4.69, 9.17) is 4.74 Å². The van der Waals surface area contributed by atoms with Crippen LogP contribution in [0.4, 0.5) is 4.39 Å². The summed E-state index contributed by atoms with van der Waals surface area (Å²) < 4.78 is 19.4. The van der Waals surface area contributed by atoms with Crippen LogP contribution < -0.4 is 10.1 Å². The number of carbonyl (C=O) groups excluding carboxylic acids is 2. The topological polar surface area (TPSA) is 58.6 Å². The molecule has 166 valence electrons. The van der Waals surface area contributed by atoms with E-state index in [9.17, 15) is 14.0 Å². The van der Waals surface area contributed by atoms with E-state index < -0.39 is 11.9 Å². The van der Waals surface area contributed by atoms with E-state index in [0.717, 1.165) is 36.8 Å². The van der Waals surface area contributed by atoms with Gasteiger partial charge in [-0.05, 0) is 49.4 Å². The van der Waals surface area contributed by atoms with Gasteiger partial charge in [0.05, 0.1) is 0 Å². The van der Waals surface area contributed by atoms with Crippen molar-refractivity contribution in [1.82, 2.24) is 10.2 Å². The van der Waals surface area contributed by atoms with E-state index in [1.165, 1.54) is 12.1 Å². The summed E-state index contributed by atoms with van der Waals surface area (Å²) in [7, 11) is 0. The van der Waals surface area contributed by atoms with Crippen molar-refractivity contribution in [3.63, 3.8) is 0 Å². The van der Waals surface area contributed by atoms with Crippen LogP contribution >= 0.6 is 0 Å². The van der Waals surface area contributed by atoms with Crippen LogP contribution in [0.3, 0.4) is 0 Å². The molecule has 1 aliphatic rings. The lowest BCUT2D eigenvalue weighted by Gasteiger charge is -2.32. The van der Waals surface area contributed by atoms with Gasteiger partial charge >= 0.3 is 0 Å². The minimum Gasteiger partial charge on any atom is -0.481 e. The summed E-state index contributed by atoms with van der Waals surface area (Å²) in [5.74, 6) is -0.982. The third kappa shape index (κ3) is 6.06. The number of ether oxygens (including phenoxy) is 1. The lowest BCUT2D eigenvalue weighted by atomic mass is 10.1. The van der Waals surface area contributed by atoms with Gasteiger partial charge < -0.3 is 15.0 Å². The Balaban J connectivity index is 1.78. The second-order valence-electron chi connectivity index (χ2n) is 8.08. The van der Waals surface area contributed by atoms with Gasteiger partial charge in [-0.3, -0.25) is 9.59 Å². The molecule has 1 unspecified atom stereocenters. The summed E-state index contributed by atoms with van der Waals surface area (Å²) >= 11 is 0. The fraction of sp³-hybridized carbons (Fsp3) is 0.440. The summed E-state index contributed by atoms with van der Waals surface area (Å²) in [5.41, 5.74) is 2.01. The van der Waals surface area contributed by atoms with E-state index in [0.29, 0.717) is 13.0 Å². The molecule has 0 heterocycles. The lowest BCUT2D eigenvalue weighted by molar-refractivity contribution is -0.143. The number of aryl methyl sites for hydroxylation is 1. The van der Waals surface area contributed by atoms with Crippen LogP contribution in [0.1, 0.15) is 50.2 Å². The number of nitrogens with zero attached hydrogens (tertiary/aromatic N) is 1.